The van der Waals surface area contributed by atoms with Crippen LogP contribution in [0, 0.1) is 0 Å². The predicted molar refractivity (Wildman–Crippen MR) is 120 cm³/mol. The molecule has 3 saturated heterocycles. The van der Waals surface area contributed by atoms with Crippen LogP contribution in [-0.2, 0) is 14.3 Å². The molecule has 0 radical (unpaired) electrons. The minimum Gasteiger partial charge on any atom is -0.379 e. The Balaban J connectivity index is 1.36. The summed E-state index contributed by atoms with van der Waals surface area (Å²) in [5.74, 6) is 0.493. The van der Waals surface area contributed by atoms with E-state index < -0.39 is 0 Å². The molecular weight excluding hydrogens is 414 g/mol. The van der Waals surface area contributed by atoms with Gasteiger partial charge in [0.1, 0.15) is 0 Å². The second-order valence-corrected chi connectivity index (χ2v) is 9.51. The highest BCUT2D eigenvalue weighted by Crippen LogP contribution is 2.40. The van der Waals surface area contributed by atoms with Gasteiger partial charge in [-0.2, -0.15) is 0 Å². The van der Waals surface area contributed by atoms with Gasteiger partial charge in [-0.25, -0.2) is 0 Å². The normalized spacial score (nSPS) is 22.9. The summed E-state index contributed by atoms with van der Waals surface area (Å²) in [4.78, 5) is 33.2. The van der Waals surface area contributed by atoms with Crippen LogP contribution in [0.2, 0.25) is 0 Å². The van der Waals surface area contributed by atoms with Crippen molar-refractivity contribution in [3.63, 3.8) is 0 Å². The van der Waals surface area contributed by atoms with Crippen LogP contribution in [0.25, 0.3) is 10.1 Å². The van der Waals surface area contributed by atoms with Crippen molar-refractivity contribution < 1.29 is 19.1 Å². The highest BCUT2D eigenvalue weighted by atomic mass is 32.1. The zero-order chi connectivity index (χ0) is 21.2. The molecule has 7 nitrogen and oxygen atoms in total. The number of hydrogen-bond acceptors (Lipinski definition) is 6. The van der Waals surface area contributed by atoms with Gasteiger partial charge in [0, 0.05) is 49.9 Å². The maximum Gasteiger partial charge on any atom is 0.264 e. The molecule has 3 aliphatic rings. The maximum absolute atomic E-state index is 13.4. The molecule has 2 amide bonds. The van der Waals surface area contributed by atoms with Crippen LogP contribution in [-0.4, -0.2) is 98.8 Å². The van der Waals surface area contributed by atoms with Crippen LogP contribution in [0.15, 0.2) is 24.3 Å². The zero-order valence-corrected chi connectivity index (χ0v) is 18.6. The summed E-state index contributed by atoms with van der Waals surface area (Å²) in [5, 5.41) is 1.16. The van der Waals surface area contributed by atoms with Gasteiger partial charge in [-0.05, 0) is 23.4 Å². The van der Waals surface area contributed by atoms with E-state index in [-0.39, 0.29) is 17.7 Å². The van der Waals surface area contributed by atoms with Crippen LogP contribution in [0.1, 0.15) is 27.6 Å². The van der Waals surface area contributed by atoms with Gasteiger partial charge in [0.2, 0.25) is 5.91 Å². The Morgan fingerprint density at radius 2 is 1.65 bits per heavy atom. The summed E-state index contributed by atoms with van der Waals surface area (Å²) in [6, 6.07) is 8.28. The van der Waals surface area contributed by atoms with E-state index in [0.717, 1.165) is 46.6 Å². The summed E-state index contributed by atoms with van der Waals surface area (Å²) in [5.41, 5.74) is 1.14. The molecule has 4 heterocycles. The van der Waals surface area contributed by atoms with Crippen molar-refractivity contribution in [1.82, 2.24) is 14.7 Å². The Kier molecular flexibility index (Phi) is 6.22. The van der Waals surface area contributed by atoms with Gasteiger partial charge in [0.25, 0.3) is 5.91 Å². The summed E-state index contributed by atoms with van der Waals surface area (Å²) in [6.45, 7) is 7.40. The number of fused-ring (bicyclic) bond motifs is 1. The number of carbonyl (C=O) groups is 2. The number of carbonyl (C=O) groups excluding carboxylic acids is 2. The number of hydrogen-bond donors (Lipinski definition) is 0. The van der Waals surface area contributed by atoms with E-state index in [4.69, 9.17) is 9.47 Å². The molecule has 1 unspecified atom stereocenters. The van der Waals surface area contributed by atoms with Crippen LogP contribution in [0.4, 0.5) is 0 Å². The van der Waals surface area contributed by atoms with Crippen molar-refractivity contribution in [2.45, 2.75) is 12.3 Å². The van der Waals surface area contributed by atoms with Crippen molar-refractivity contribution >= 4 is 33.2 Å². The minimum atomic E-state index is 0.109. The lowest BCUT2D eigenvalue weighted by Crippen LogP contribution is -2.44. The van der Waals surface area contributed by atoms with Crippen LogP contribution >= 0.6 is 11.3 Å². The molecule has 1 aromatic carbocycles. The number of benzene rings is 1. The summed E-state index contributed by atoms with van der Waals surface area (Å²) in [6.07, 6.45) is 0.902. The molecule has 0 N–H and O–H groups in total. The first-order valence-electron chi connectivity index (χ1n) is 11.2. The van der Waals surface area contributed by atoms with E-state index in [1.165, 1.54) is 0 Å². The number of likely N-dealkylation sites (tertiary alicyclic amines) is 1. The molecule has 1 atom stereocenters. The average molecular weight is 444 g/mol. The first kappa shape index (κ1) is 20.9. The first-order valence-corrected chi connectivity index (χ1v) is 12.0. The molecule has 0 spiro atoms. The lowest BCUT2D eigenvalue weighted by atomic mass is 9.94. The smallest absolute Gasteiger partial charge is 0.264 e. The second kappa shape index (κ2) is 9.24. The van der Waals surface area contributed by atoms with Crippen molar-refractivity contribution in [2.75, 3.05) is 72.2 Å². The predicted octanol–water partition coefficient (Wildman–Crippen LogP) is 2.02. The van der Waals surface area contributed by atoms with Gasteiger partial charge in [-0.15, -0.1) is 11.3 Å². The van der Waals surface area contributed by atoms with Gasteiger partial charge in [-0.3, -0.25) is 14.5 Å². The molecule has 5 rings (SSSR count). The SMILES string of the molecule is O=C(CN1CCOCC1)N1CCC(c2c(C(=O)N3CCOCC3)sc3ccccc23)C1. The van der Waals surface area contributed by atoms with E-state index in [1.807, 2.05) is 21.9 Å². The van der Waals surface area contributed by atoms with Crippen molar-refractivity contribution in [2.24, 2.45) is 0 Å². The van der Waals surface area contributed by atoms with Gasteiger partial charge in [0.15, 0.2) is 0 Å². The molecular formula is C23H29N3O4S. The number of rotatable bonds is 4. The average Bonchev–Trinajstić information content (AvgIpc) is 3.44. The summed E-state index contributed by atoms with van der Waals surface area (Å²) in [7, 11) is 0. The highest BCUT2D eigenvalue weighted by molar-refractivity contribution is 7.21. The molecule has 3 aliphatic heterocycles. The molecule has 2 aromatic rings. The topological polar surface area (TPSA) is 62.3 Å². The van der Waals surface area contributed by atoms with Crippen LogP contribution in [0.3, 0.4) is 0 Å². The summed E-state index contributed by atoms with van der Waals surface area (Å²) >= 11 is 1.59. The van der Waals surface area contributed by atoms with Crippen LogP contribution < -0.4 is 0 Å². The largest absolute Gasteiger partial charge is 0.379 e. The van der Waals surface area contributed by atoms with E-state index in [2.05, 4.69) is 17.0 Å². The number of ether oxygens (including phenoxy) is 2. The van der Waals surface area contributed by atoms with Crippen molar-refractivity contribution in [1.29, 1.82) is 0 Å². The molecule has 0 saturated carbocycles. The maximum atomic E-state index is 13.4. The first-order chi connectivity index (χ1) is 15.2. The van der Waals surface area contributed by atoms with E-state index in [0.29, 0.717) is 52.6 Å². The number of nitrogens with zero attached hydrogens (tertiary/aromatic N) is 3. The lowest BCUT2D eigenvalue weighted by molar-refractivity contribution is -0.132. The Hall–Kier alpha value is -2.00. The number of amides is 2. The molecule has 166 valence electrons. The van der Waals surface area contributed by atoms with Gasteiger partial charge >= 0.3 is 0 Å². The minimum absolute atomic E-state index is 0.109. The fourth-order valence-corrected chi connectivity index (χ4v) is 6.07. The molecule has 0 aliphatic carbocycles. The quantitative estimate of drug-likeness (QED) is 0.724. The van der Waals surface area contributed by atoms with Crippen LogP contribution in [0.5, 0.6) is 0 Å². The number of thiophene rings is 1. The van der Waals surface area contributed by atoms with Gasteiger partial charge in [-0.1, -0.05) is 18.2 Å². The third-order valence-electron chi connectivity index (χ3n) is 6.54. The molecule has 0 bridgehead atoms. The monoisotopic (exact) mass is 443 g/mol. The van der Waals surface area contributed by atoms with E-state index in [1.54, 1.807) is 11.3 Å². The molecule has 1 aromatic heterocycles. The summed E-state index contributed by atoms with van der Waals surface area (Å²) < 4.78 is 12.0. The van der Waals surface area contributed by atoms with E-state index in [9.17, 15) is 9.59 Å². The Morgan fingerprint density at radius 1 is 0.935 bits per heavy atom. The fraction of sp³-hybridized carbons (Fsp3) is 0.565. The second-order valence-electron chi connectivity index (χ2n) is 8.46. The third-order valence-corrected chi connectivity index (χ3v) is 7.71. The van der Waals surface area contributed by atoms with Gasteiger partial charge < -0.3 is 19.3 Å². The third kappa shape index (κ3) is 4.35. The van der Waals surface area contributed by atoms with Gasteiger partial charge in [0.05, 0.1) is 37.8 Å². The zero-order valence-electron chi connectivity index (χ0n) is 17.8. The Morgan fingerprint density at radius 3 is 2.42 bits per heavy atom. The number of morpholine rings is 2. The fourth-order valence-electron chi connectivity index (χ4n) is 4.81. The molecule has 8 heteroatoms. The Bertz CT molecular complexity index is 949. The van der Waals surface area contributed by atoms with Crippen molar-refractivity contribution in [3.05, 3.63) is 34.7 Å². The molecule has 31 heavy (non-hydrogen) atoms. The Labute approximate surface area is 186 Å². The molecule has 3 fully saturated rings. The van der Waals surface area contributed by atoms with Crippen molar-refractivity contribution in [3.8, 4) is 0 Å². The standard InChI is InChI=1S/C23H29N3O4S/c27-20(16-24-7-11-29-12-8-24)26-6-5-17(15-26)21-18-3-1-2-4-19(18)31-22(21)23(28)25-9-13-30-14-10-25/h1-4,17H,5-16H2. The highest BCUT2D eigenvalue weighted by Gasteiger charge is 2.34. The lowest BCUT2D eigenvalue weighted by Gasteiger charge is -2.28. The van der Waals surface area contributed by atoms with E-state index >= 15 is 0 Å².